The quantitative estimate of drug-likeness (QED) is 0.836. The number of thiophene rings is 1. The molecule has 5 nitrogen and oxygen atoms in total. The molecule has 134 valence electrons. The summed E-state index contributed by atoms with van der Waals surface area (Å²) >= 11 is 1.64. The Morgan fingerprint density at radius 1 is 1.28 bits per heavy atom. The minimum absolute atomic E-state index is 0.0501. The number of hydrogen-bond acceptors (Lipinski definition) is 5. The standard InChI is InChI=1S/C18H22N2O3S2/c1-20(15-9-11-25(22,23)13-15)17(21)12-19-18(16-8-5-10-24-16)14-6-3-2-4-7-14/h2-8,10,15,18-19H,9,11-13H2,1H3/t15-,18-/m1/s1. The molecule has 1 aromatic heterocycles. The van der Waals surface area contributed by atoms with Gasteiger partial charge in [0, 0.05) is 18.0 Å². The Morgan fingerprint density at radius 2 is 2.04 bits per heavy atom. The third kappa shape index (κ3) is 4.48. The van der Waals surface area contributed by atoms with Crippen LogP contribution in [-0.4, -0.2) is 50.4 Å². The predicted molar refractivity (Wildman–Crippen MR) is 100 cm³/mol. The molecule has 0 radical (unpaired) electrons. The van der Waals surface area contributed by atoms with Gasteiger partial charge in [-0.3, -0.25) is 10.1 Å². The first-order valence-corrected chi connectivity index (χ1v) is 10.9. The Bertz CT molecular complexity index is 804. The number of amides is 1. The first-order chi connectivity index (χ1) is 12.0. The zero-order valence-electron chi connectivity index (χ0n) is 14.1. The molecular weight excluding hydrogens is 356 g/mol. The average molecular weight is 379 g/mol. The number of sulfone groups is 1. The fourth-order valence-corrected chi connectivity index (χ4v) is 5.68. The monoisotopic (exact) mass is 378 g/mol. The average Bonchev–Trinajstić information content (AvgIpc) is 3.25. The minimum atomic E-state index is -3.00. The van der Waals surface area contributed by atoms with Crippen molar-refractivity contribution in [3.8, 4) is 0 Å². The van der Waals surface area contributed by atoms with Crippen LogP contribution in [0.25, 0.3) is 0 Å². The Labute approximate surface area is 152 Å². The lowest BCUT2D eigenvalue weighted by atomic mass is 10.1. The molecule has 7 heteroatoms. The smallest absolute Gasteiger partial charge is 0.236 e. The second kappa shape index (κ2) is 7.68. The van der Waals surface area contributed by atoms with Gasteiger partial charge in [-0.15, -0.1) is 11.3 Å². The van der Waals surface area contributed by atoms with Gasteiger partial charge in [0.2, 0.25) is 5.91 Å². The summed E-state index contributed by atoms with van der Waals surface area (Å²) in [4.78, 5) is 15.2. The summed E-state index contributed by atoms with van der Waals surface area (Å²) in [5.41, 5.74) is 1.10. The van der Waals surface area contributed by atoms with E-state index in [1.165, 1.54) is 0 Å². The van der Waals surface area contributed by atoms with Gasteiger partial charge in [-0.2, -0.15) is 0 Å². The lowest BCUT2D eigenvalue weighted by molar-refractivity contribution is -0.130. The van der Waals surface area contributed by atoms with Crippen LogP contribution in [0.5, 0.6) is 0 Å². The van der Waals surface area contributed by atoms with Crippen LogP contribution >= 0.6 is 11.3 Å². The zero-order chi connectivity index (χ0) is 17.9. The van der Waals surface area contributed by atoms with Crippen LogP contribution in [0.3, 0.4) is 0 Å². The van der Waals surface area contributed by atoms with Gasteiger partial charge < -0.3 is 4.90 Å². The van der Waals surface area contributed by atoms with E-state index in [-0.39, 0.29) is 36.0 Å². The maximum absolute atomic E-state index is 12.5. The molecule has 3 rings (SSSR count). The van der Waals surface area contributed by atoms with Gasteiger partial charge in [0.1, 0.15) is 0 Å². The van der Waals surface area contributed by atoms with Crippen LogP contribution in [0.4, 0.5) is 0 Å². The van der Waals surface area contributed by atoms with E-state index in [0.717, 1.165) is 10.4 Å². The SMILES string of the molecule is CN(C(=O)CN[C@H](c1ccccc1)c1cccs1)[C@@H]1CCS(=O)(=O)C1. The van der Waals surface area contributed by atoms with Crippen molar-refractivity contribution in [2.45, 2.75) is 18.5 Å². The molecule has 0 unspecified atom stereocenters. The highest BCUT2D eigenvalue weighted by molar-refractivity contribution is 7.91. The Kier molecular flexibility index (Phi) is 5.56. The molecule has 1 saturated heterocycles. The molecule has 25 heavy (non-hydrogen) atoms. The lowest BCUT2D eigenvalue weighted by Gasteiger charge is -2.25. The largest absolute Gasteiger partial charge is 0.341 e. The van der Waals surface area contributed by atoms with E-state index in [1.54, 1.807) is 23.3 Å². The fourth-order valence-electron chi connectivity index (χ4n) is 3.08. The van der Waals surface area contributed by atoms with E-state index < -0.39 is 9.84 Å². The molecule has 0 bridgehead atoms. The third-order valence-electron chi connectivity index (χ3n) is 4.57. The summed E-state index contributed by atoms with van der Waals surface area (Å²) < 4.78 is 23.2. The summed E-state index contributed by atoms with van der Waals surface area (Å²) in [5.74, 6) is 0.159. The number of benzene rings is 1. The highest BCUT2D eigenvalue weighted by Gasteiger charge is 2.32. The third-order valence-corrected chi connectivity index (χ3v) is 7.26. The van der Waals surface area contributed by atoms with Gasteiger partial charge in [0.05, 0.1) is 24.1 Å². The van der Waals surface area contributed by atoms with Crippen molar-refractivity contribution in [2.24, 2.45) is 0 Å². The van der Waals surface area contributed by atoms with Crippen molar-refractivity contribution in [1.82, 2.24) is 10.2 Å². The van der Waals surface area contributed by atoms with Crippen molar-refractivity contribution in [3.05, 3.63) is 58.3 Å². The van der Waals surface area contributed by atoms with E-state index in [1.807, 2.05) is 47.8 Å². The molecule has 0 spiro atoms. The maximum atomic E-state index is 12.5. The predicted octanol–water partition coefficient (Wildman–Crippen LogP) is 2.07. The van der Waals surface area contributed by atoms with E-state index in [9.17, 15) is 13.2 Å². The molecule has 0 saturated carbocycles. The molecule has 1 aliphatic heterocycles. The van der Waals surface area contributed by atoms with E-state index in [2.05, 4.69) is 5.32 Å². The van der Waals surface area contributed by atoms with Crippen molar-refractivity contribution in [2.75, 3.05) is 25.1 Å². The molecule has 2 atom stereocenters. The van der Waals surface area contributed by atoms with Gasteiger partial charge >= 0.3 is 0 Å². The first kappa shape index (κ1) is 18.1. The molecule has 1 amide bonds. The molecule has 1 N–H and O–H groups in total. The molecule has 2 aromatic rings. The molecule has 2 heterocycles. The second-order valence-electron chi connectivity index (χ2n) is 6.30. The number of hydrogen-bond donors (Lipinski definition) is 1. The normalized spacial score (nSPS) is 20.3. The summed E-state index contributed by atoms with van der Waals surface area (Å²) in [5, 5.41) is 5.35. The summed E-state index contributed by atoms with van der Waals surface area (Å²) in [6.07, 6.45) is 0.525. The highest BCUT2D eigenvalue weighted by Crippen LogP contribution is 2.26. The summed E-state index contributed by atoms with van der Waals surface area (Å²) in [7, 11) is -1.30. The van der Waals surface area contributed by atoms with Crippen LogP contribution in [0.1, 0.15) is 22.9 Å². The number of nitrogens with one attached hydrogen (secondary N) is 1. The minimum Gasteiger partial charge on any atom is -0.341 e. The number of carbonyl (C=O) groups is 1. The summed E-state index contributed by atoms with van der Waals surface area (Å²) in [6.45, 7) is 0.171. The Hall–Kier alpha value is -1.70. The lowest BCUT2D eigenvalue weighted by Crippen LogP contribution is -2.43. The number of likely N-dealkylation sites (N-methyl/N-ethyl adjacent to an activating group) is 1. The van der Waals surface area contributed by atoms with Gasteiger partial charge in [-0.05, 0) is 23.4 Å². The van der Waals surface area contributed by atoms with Crippen LogP contribution < -0.4 is 5.32 Å². The topological polar surface area (TPSA) is 66.5 Å². The molecule has 1 fully saturated rings. The van der Waals surface area contributed by atoms with Gasteiger partial charge in [0.15, 0.2) is 9.84 Å². The highest BCUT2D eigenvalue weighted by atomic mass is 32.2. The number of nitrogens with zero attached hydrogens (tertiary/aromatic N) is 1. The van der Waals surface area contributed by atoms with Gasteiger partial charge in [-0.25, -0.2) is 8.42 Å². The van der Waals surface area contributed by atoms with Crippen LogP contribution in [0.2, 0.25) is 0 Å². The van der Waals surface area contributed by atoms with Crippen LogP contribution in [-0.2, 0) is 14.6 Å². The van der Waals surface area contributed by atoms with Crippen molar-refractivity contribution in [1.29, 1.82) is 0 Å². The molecule has 1 aliphatic rings. The number of rotatable bonds is 6. The fraction of sp³-hybridized carbons (Fsp3) is 0.389. The van der Waals surface area contributed by atoms with Crippen LogP contribution in [0.15, 0.2) is 47.8 Å². The second-order valence-corrected chi connectivity index (χ2v) is 9.51. The maximum Gasteiger partial charge on any atom is 0.236 e. The van der Waals surface area contributed by atoms with Gasteiger partial charge in [0.25, 0.3) is 0 Å². The van der Waals surface area contributed by atoms with Crippen molar-refractivity contribution in [3.63, 3.8) is 0 Å². The molecule has 0 aliphatic carbocycles. The first-order valence-electron chi connectivity index (χ1n) is 8.24. The van der Waals surface area contributed by atoms with E-state index in [4.69, 9.17) is 0 Å². The number of carbonyl (C=O) groups excluding carboxylic acids is 1. The van der Waals surface area contributed by atoms with Crippen molar-refractivity contribution >= 4 is 27.1 Å². The summed E-state index contributed by atoms with van der Waals surface area (Å²) in [6, 6.07) is 13.8. The molecule has 1 aromatic carbocycles. The van der Waals surface area contributed by atoms with E-state index >= 15 is 0 Å². The van der Waals surface area contributed by atoms with Crippen LogP contribution in [0, 0.1) is 0 Å². The zero-order valence-corrected chi connectivity index (χ0v) is 15.7. The Balaban J connectivity index is 1.66. The van der Waals surface area contributed by atoms with E-state index in [0.29, 0.717) is 6.42 Å². The molecular formula is C18H22N2O3S2. The Morgan fingerprint density at radius 3 is 2.64 bits per heavy atom. The van der Waals surface area contributed by atoms with Crippen molar-refractivity contribution < 1.29 is 13.2 Å². The van der Waals surface area contributed by atoms with Gasteiger partial charge in [-0.1, -0.05) is 36.4 Å².